The van der Waals surface area contributed by atoms with E-state index in [1.165, 1.54) is 0 Å². The molecule has 0 aliphatic carbocycles. The second kappa shape index (κ2) is 4.71. The van der Waals surface area contributed by atoms with Gasteiger partial charge in [-0.3, -0.25) is 0 Å². The Hall–Kier alpha value is -1.95. The van der Waals surface area contributed by atoms with Crippen LogP contribution in [0, 0.1) is 0 Å². The van der Waals surface area contributed by atoms with Gasteiger partial charge < -0.3 is 15.4 Å². The molecule has 0 bridgehead atoms. The van der Waals surface area contributed by atoms with Crippen LogP contribution in [0.5, 0.6) is 0 Å². The lowest BCUT2D eigenvalue weighted by molar-refractivity contribution is 0.331. The Morgan fingerprint density at radius 2 is 2.44 bits per heavy atom. The average Bonchev–Trinajstić information content (AvgIpc) is 2.76. The van der Waals surface area contributed by atoms with Crippen molar-refractivity contribution in [1.82, 2.24) is 19.9 Å². The second-order valence-electron chi connectivity index (χ2n) is 3.42. The summed E-state index contributed by atoms with van der Waals surface area (Å²) >= 11 is 0. The molecule has 2 aromatic heterocycles. The molecule has 2 aromatic rings. The lowest BCUT2D eigenvalue weighted by Gasteiger charge is -2.01. The van der Waals surface area contributed by atoms with Gasteiger partial charge in [-0.05, 0) is 6.92 Å². The maximum absolute atomic E-state index is 8.80. The molecular formula is C10H13N5O. The minimum absolute atomic E-state index is 0.0704. The van der Waals surface area contributed by atoms with Gasteiger partial charge in [0.25, 0.3) is 0 Å². The predicted octanol–water partition coefficient (Wildman–Crippen LogP) is 0.703. The van der Waals surface area contributed by atoms with Gasteiger partial charge in [-0.15, -0.1) is 0 Å². The van der Waals surface area contributed by atoms with E-state index in [0.717, 1.165) is 11.1 Å². The molecule has 0 aromatic carbocycles. The van der Waals surface area contributed by atoms with Crippen molar-refractivity contribution in [2.45, 2.75) is 6.92 Å². The number of imidazole rings is 1. The van der Waals surface area contributed by atoms with Crippen LogP contribution in [0.1, 0.15) is 6.92 Å². The van der Waals surface area contributed by atoms with E-state index in [2.05, 4.69) is 25.3 Å². The van der Waals surface area contributed by atoms with Crippen LogP contribution >= 0.6 is 0 Å². The highest BCUT2D eigenvalue weighted by Gasteiger charge is 1.99. The van der Waals surface area contributed by atoms with Crippen molar-refractivity contribution in [1.29, 1.82) is 0 Å². The third-order valence-corrected chi connectivity index (χ3v) is 2.14. The van der Waals surface area contributed by atoms with Crippen molar-refractivity contribution < 1.29 is 5.11 Å². The molecule has 0 unspecified atom stereocenters. The quantitative estimate of drug-likeness (QED) is 0.659. The number of fused-ring (bicyclic) bond motifs is 1. The van der Waals surface area contributed by atoms with Crippen molar-refractivity contribution >= 4 is 17.1 Å². The Bertz CT molecular complexity index is 505. The number of rotatable bonds is 4. The maximum Gasteiger partial charge on any atom is 0.225 e. The smallest absolute Gasteiger partial charge is 0.225 e. The SMILES string of the molecule is C/C(=C/CNc1ncc2[nH]cnc2n1)CO. The fraction of sp³-hybridized carbons (Fsp3) is 0.300. The number of aliphatic hydroxyl groups is 1. The molecule has 0 aliphatic rings. The number of hydrogen-bond donors (Lipinski definition) is 3. The minimum atomic E-state index is 0.0704. The Morgan fingerprint density at radius 3 is 3.25 bits per heavy atom. The average molecular weight is 219 g/mol. The highest BCUT2D eigenvalue weighted by atomic mass is 16.3. The Morgan fingerprint density at radius 1 is 1.56 bits per heavy atom. The van der Waals surface area contributed by atoms with E-state index in [9.17, 15) is 0 Å². The van der Waals surface area contributed by atoms with Gasteiger partial charge in [0.15, 0.2) is 5.65 Å². The first-order chi connectivity index (χ1) is 7.79. The molecule has 0 saturated carbocycles. The van der Waals surface area contributed by atoms with Crippen LogP contribution in [0.15, 0.2) is 24.2 Å². The van der Waals surface area contributed by atoms with E-state index in [1.807, 2.05) is 13.0 Å². The van der Waals surface area contributed by atoms with E-state index in [0.29, 0.717) is 18.1 Å². The lowest BCUT2D eigenvalue weighted by Crippen LogP contribution is -2.04. The van der Waals surface area contributed by atoms with Crippen molar-refractivity contribution in [2.24, 2.45) is 0 Å². The Labute approximate surface area is 92.5 Å². The summed E-state index contributed by atoms with van der Waals surface area (Å²) in [5.74, 6) is 0.529. The molecule has 2 rings (SSSR count). The molecule has 6 nitrogen and oxygen atoms in total. The maximum atomic E-state index is 8.80. The summed E-state index contributed by atoms with van der Waals surface area (Å²) in [5.41, 5.74) is 2.36. The van der Waals surface area contributed by atoms with E-state index in [4.69, 9.17) is 5.11 Å². The second-order valence-corrected chi connectivity index (χ2v) is 3.42. The summed E-state index contributed by atoms with van der Waals surface area (Å²) in [5, 5.41) is 11.8. The molecule has 0 radical (unpaired) electrons. The number of H-pyrrole nitrogens is 1. The molecule has 0 atom stereocenters. The zero-order chi connectivity index (χ0) is 11.4. The molecule has 0 spiro atoms. The van der Waals surface area contributed by atoms with E-state index in [1.54, 1.807) is 12.5 Å². The summed E-state index contributed by atoms with van der Waals surface area (Å²) in [6.07, 6.45) is 5.15. The highest BCUT2D eigenvalue weighted by molar-refractivity contribution is 5.69. The first-order valence-electron chi connectivity index (χ1n) is 4.96. The molecule has 0 aliphatic heterocycles. The largest absolute Gasteiger partial charge is 0.392 e. The fourth-order valence-corrected chi connectivity index (χ4v) is 1.20. The van der Waals surface area contributed by atoms with E-state index < -0.39 is 0 Å². The lowest BCUT2D eigenvalue weighted by atomic mass is 10.3. The number of nitrogens with zero attached hydrogens (tertiary/aromatic N) is 3. The molecule has 6 heteroatoms. The van der Waals surface area contributed by atoms with Crippen molar-refractivity contribution in [2.75, 3.05) is 18.5 Å². The standard InChI is InChI=1S/C10H13N5O/c1-7(5-16)2-3-11-10-12-4-8-9(15-10)14-6-13-8/h2,4,6,16H,3,5H2,1H3,(H2,11,12,13,14,15)/b7-2-. The highest BCUT2D eigenvalue weighted by Crippen LogP contribution is 2.06. The fourth-order valence-electron chi connectivity index (χ4n) is 1.20. The first-order valence-corrected chi connectivity index (χ1v) is 4.96. The van der Waals surface area contributed by atoms with Gasteiger partial charge in [0, 0.05) is 6.54 Å². The van der Waals surface area contributed by atoms with Crippen LogP contribution in [0.3, 0.4) is 0 Å². The number of aromatic amines is 1. The monoisotopic (exact) mass is 219 g/mol. The summed E-state index contributed by atoms with van der Waals surface area (Å²) in [7, 11) is 0. The molecule has 84 valence electrons. The first kappa shape index (κ1) is 10.6. The summed E-state index contributed by atoms with van der Waals surface area (Å²) in [6, 6.07) is 0. The van der Waals surface area contributed by atoms with E-state index >= 15 is 0 Å². The van der Waals surface area contributed by atoms with Gasteiger partial charge in [0.05, 0.1) is 19.1 Å². The summed E-state index contributed by atoms with van der Waals surface area (Å²) < 4.78 is 0. The van der Waals surface area contributed by atoms with Crippen LogP contribution in [-0.4, -0.2) is 38.2 Å². The van der Waals surface area contributed by atoms with Gasteiger partial charge in [0.1, 0.15) is 5.52 Å². The third-order valence-electron chi connectivity index (χ3n) is 2.14. The van der Waals surface area contributed by atoms with Crippen molar-refractivity contribution in [3.63, 3.8) is 0 Å². The predicted molar refractivity (Wildman–Crippen MR) is 61.0 cm³/mol. The number of anilines is 1. The summed E-state index contributed by atoms with van der Waals surface area (Å²) in [6.45, 7) is 2.52. The summed E-state index contributed by atoms with van der Waals surface area (Å²) in [4.78, 5) is 15.3. The van der Waals surface area contributed by atoms with Gasteiger partial charge >= 0.3 is 0 Å². The normalized spacial score (nSPS) is 12.0. The topological polar surface area (TPSA) is 86.7 Å². The molecule has 0 amide bonds. The van der Waals surface area contributed by atoms with E-state index in [-0.39, 0.29) is 6.61 Å². The number of aromatic nitrogens is 4. The molecular weight excluding hydrogens is 206 g/mol. The van der Waals surface area contributed by atoms with Crippen LogP contribution in [0.2, 0.25) is 0 Å². The molecule has 0 saturated heterocycles. The molecule has 16 heavy (non-hydrogen) atoms. The zero-order valence-corrected chi connectivity index (χ0v) is 8.94. The van der Waals surface area contributed by atoms with Gasteiger partial charge in [-0.2, -0.15) is 4.98 Å². The number of aliphatic hydroxyl groups excluding tert-OH is 1. The van der Waals surface area contributed by atoms with Gasteiger partial charge in [-0.1, -0.05) is 11.6 Å². The van der Waals surface area contributed by atoms with Crippen LogP contribution in [0.25, 0.3) is 11.2 Å². The van der Waals surface area contributed by atoms with Crippen molar-refractivity contribution in [3.05, 3.63) is 24.2 Å². The van der Waals surface area contributed by atoms with Crippen LogP contribution < -0.4 is 5.32 Å². The molecule has 0 fully saturated rings. The number of hydrogen-bond acceptors (Lipinski definition) is 5. The zero-order valence-electron chi connectivity index (χ0n) is 8.94. The van der Waals surface area contributed by atoms with Gasteiger partial charge in [0.2, 0.25) is 5.95 Å². The molecule has 3 N–H and O–H groups in total. The van der Waals surface area contributed by atoms with Gasteiger partial charge in [-0.25, -0.2) is 9.97 Å². The Balaban J connectivity index is 2.04. The third kappa shape index (κ3) is 2.34. The Kier molecular flexibility index (Phi) is 3.11. The van der Waals surface area contributed by atoms with Crippen LogP contribution in [-0.2, 0) is 0 Å². The minimum Gasteiger partial charge on any atom is -0.392 e. The van der Waals surface area contributed by atoms with Crippen molar-refractivity contribution in [3.8, 4) is 0 Å². The van der Waals surface area contributed by atoms with Crippen LogP contribution in [0.4, 0.5) is 5.95 Å². The number of nitrogens with one attached hydrogen (secondary N) is 2. The molecule has 2 heterocycles.